The lowest BCUT2D eigenvalue weighted by molar-refractivity contribution is -0.124. The quantitative estimate of drug-likeness (QED) is 0.623. The predicted octanol–water partition coefficient (Wildman–Crippen LogP) is 4.06. The van der Waals surface area contributed by atoms with Crippen molar-refractivity contribution in [3.63, 3.8) is 0 Å². The molecule has 3 unspecified atom stereocenters. The average Bonchev–Trinajstić information content (AvgIpc) is 3.35. The summed E-state index contributed by atoms with van der Waals surface area (Å²) >= 11 is 3.20. The van der Waals surface area contributed by atoms with Gasteiger partial charge in [0.2, 0.25) is 5.91 Å². The van der Waals surface area contributed by atoms with Crippen molar-refractivity contribution in [1.29, 1.82) is 0 Å². The third kappa shape index (κ3) is 5.98. The lowest BCUT2D eigenvalue weighted by atomic mass is 10.0. The van der Waals surface area contributed by atoms with E-state index in [1.54, 1.807) is 11.8 Å². The second-order valence-electron chi connectivity index (χ2n) is 8.65. The van der Waals surface area contributed by atoms with Crippen LogP contribution in [0.5, 0.6) is 0 Å². The summed E-state index contributed by atoms with van der Waals surface area (Å²) in [6, 6.07) is 4.04. The summed E-state index contributed by atoms with van der Waals surface area (Å²) in [5.41, 5.74) is 0. The Morgan fingerprint density at radius 3 is 2.83 bits per heavy atom. The molecule has 1 N–H and O–H groups in total. The fraction of sp³-hybridized carbons (Fsp3) is 0.727. The standard InChI is InChI=1S/C22H35N3O2S2/c1-16(2)14-20-25(22(27)19-9-6-13-28-19)18(15-29-20)21(26)23-10-7-12-24-11-5-4-8-17(24)3/h6,9,13,16-18,20H,4-5,7-8,10-12,14-15H2,1-3H3,(H,23,26). The number of thioether (sulfide) groups is 1. The van der Waals surface area contributed by atoms with Gasteiger partial charge in [-0.1, -0.05) is 26.3 Å². The number of nitrogens with one attached hydrogen (secondary N) is 1. The van der Waals surface area contributed by atoms with Crippen molar-refractivity contribution in [3.05, 3.63) is 22.4 Å². The minimum absolute atomic E-state index is 0.000329. The summed E-state index contributed by atoms with van der Waals surface area (Å²) in [4.78, 5) is 31.2. The van der Waals surface area contributed by atoms with Gasteiger partial charge in [-0.05, 0) is 56.5 Å². The Balaban J connectivity index is 1.55. The van der Waals surface area contributed by atoms with Gasteiger partial charge in [-0.2, -0.15) is 0 Å². The fourth-order valence-electron chi connectivity index (χ4n) is 4.25. The molecule has 5 nitrogen and oxygen atoms in total. The molecule has 2 amide bonds. The fourth-order valence-corrected chi connectivity index (χ4v) is 6.56. The maximum atomic E-state index is 13.1. The van der Waals surface area contributed by atoms with Gasteiger partial charge in [-0.25, -0.2) is 0 Å². The Hall–Kier alpha value is -1.05. The van der Waals surface area contributed by atoms with Gasteiger partial charge in [0, 0.05) is 24.9 Å². The van der Waals surface area contributed by atoms with E-state index >= 15 is 0 Å². The molecular formula is C22H35N3O2S2. The molecule has 162 valence electrons. The van der Waals surface area contributed by atoms with E-state index < -0.39 is 0 Å². The van der Waals surface area contributed by atoms with Gasteiger partial charge < -0.3 is 15.1 Å². The molecule has 2 aliphatic heterocycles. The summed E-state index contributed by atoms with van der Waals surface area (Å²) in [5, 5.41) is 5.11. The highest BCUT2D eigenvalue weighted by molar-refractivity contribution is 8.00. The number of piperidine rings is 1. The molecule has 0 bridgehead atoms. The third-order valence-corrected chi connectivity index (χ3v) is 8.07. The number of amides is 2. The smallest absolute Gasteiger partial charge is 0.265 e. The van der Waals surface area contributed by atoms with Gasteiger partial charge in [0.15, 0.2) is 0 Å². The molecule has 0 saturated carbocycles. The van der Waals surface area contributed by atoms with Crippen LogP contribution in [-0.2, 0) is 4.79 Å². The highest BCUT2D eigenvalue weighted by Crippen LogP contribution is 2.35. The molecule has 2 fully saturated rings. The molecule has 7 heteroatoms. The van der Waals surface area contributed by atoms with Crippen LogP contribution < -0.4 is 5.32 Å². The number of hydrogen-bond acceptors (Lipinski definition) is 5. The first-order valence-electron chi connectivity index (χ1n) is 11.0. The number of thiophene rings is 1. The lowest BCUT2D eigenvalue weighted by Crippen LogP contribution is -2.50. The third-order valence-electron chi connectivity index (χ3n) is 5.90. The van der Waals surface area contributed by atoms with Gasteiger partial charge in [-0.3, -0.25) is 9.59 Å². The monoisotopic (exact) mass is 437 g/mol. The Morgan fingerprint density at radius 2 is 2.14 bits per heavy atom. The molecule has 3 rings (SSSR count). The molecule has 1 aromatic heterocycles. The average molecular weight is 438 g/mol. The van der Waals surface area contributed by atoms with Gasteiger partial charge in [0.1, 0.15) is 6.04 Å². The van der Waals surface area contributed by atoms with Gasteiger partial charge in [-0.15, -0.1) is 23.1 Å². The highest BCUT2D eigenvalue weighted by atomic mass is 32.2. The van der Waals surface area contributed by atoms with Crippen LogP contribution in [0, 0.1) is 5.92 Å². The number of likely N-dealkylation sites (tertiary alicyclic amines) is 1. The normalized spacial score (nSPS) is 25.5. The zero-order chi connectivity index (χ0) is 20.8. The Labute approximate surface area is 183 Å². The van der Waals surface area contributed by atoms with E-state index in [0.29, 0.717) is 24.3 Å². The molecule has 2 aliphatic rings. The van der Waals surface area contributed by atoms with Crippen molar-refractivity contribution < 1.29 is 9.59 Å². The van der Waals surface area contributed by atoms with E-state index in [0.717, 1.165) is 24.3 Å². The first-order chi connectivity index (χ1) is 14.0. The molecule has 0 radical (unpaired) electrons. The lowest BCUT2D eigenvalue weighted by Gasteiger charge is -2.33. The summed E-state index contributed by atoms with van der Waals surface area (Å²) in [5.74, 6) is 1.17. The van der Waals surface area contributed by atoms with Crippen molar-refractivity contribution in [2.45, 2.75) is 70.3 Å². The first kappa shape index (κ1) is 22.6. The van der Waals surface area contributed by atoms with Crippen LogP contribution in [0.4, 0.5) is 0 Å². The predicted molar refractivity (Wildman–Crippen MR) is 122 cm³/mol. The zero-order valence-corrected chi connectivity index (χ0v) is 19.6. The van der Waals surface area contributed by atoms with Crippen molar-refractivity contribution in [3.8, 4) is 0 Å². The molecule has 0 aliphatic carbocycles. The Morgan fingerprint density at radius 1 is 1.31 bits per heavy atom. The minimum Gasteiger partial charge on any atom is -0.354 e. The topological polar surface area (TPSA) is 52.7 Å². The molecule has 29 heavy (non-hydrogen) atoms. The van der Waals surface area contributed by atoms with Crippen molar-refractivity contribution in [2.24, 2.45) is 5.92 Å². The van der Waals surface area contributed by atoms with Crippen molar-refractivity contribution in [1.82, 2.24) is 15.1 Å². The first-order valence-corrected chi connectivity index (χ1v) is 12.9. The second kappa shape index (κ2) is 10.8. The number of nitrogens with zero attached hydrogens (tertiary/aromatic N) is 2. The SMILES string of the molecule is CC(C)CC1SCC(C(=O)NCCCN2CCCCC2C)N1C(=O)c1cccs1. The van der Waals surface area contributed by atoms with E-state index in [2.05, 4.69) is 31.0 Å². The highest BCUT2D eigenvalue weighted by Gasteiger charge is 2.42. The Kier molecular flexibility index (Phi) is 8.45. The number of carbonyl (C=O) groups excluding carboxylic acids is 2. The largest absolute Gasteiger partial charge is 0.354 e. The van der Waals surface area contributed by atoms with Crippen LogP contribution in [0.25, 0.3) is 0 Å². The van der Waals surface area contributed by atoms with Crippen molar-refractivity contribution >= 4 is 34.9 Å². The maximum absolute atomic E-state index is 13.1. The van der Waals surface area contributed by atoms with E-state index in [9.17, 15) is 9.59 Å². The van der Waals surface area contributed by atoms with E-state index in [-0.39, 0.29) is 23.2 Å². The molecule has 3 atom stereocenters. The molecule has 2 saturated heterocycles. The minimum atomic E-state index is -0.368. The zero-order valence-electron chi connectivity index (χ0n) is 17.9. The van der Waals surface area contributed by atoms with E-state index in [1.165, 1.54) is 37.1 Å². The second-order valence-corrected chi connectivity index (χ2v) is 10.8. The van der Waals surface area contributed by atoms with Crippen molar-refractivity contribution in [2.75, 3.05) is 25.4 Å². The molecule has 1 aromatic rings. The number of rotatable bonds is 8. The molecule has 0 spiro atoms. The van der Waals surface area contributed by atoms with Crippen LogP contribution in [0.2, 0.25) is 0 Å². The van der Waals surface area contributed by atoms with Crippen LogP contribution in [-0.4, -0.2) is 64.5 Å². The van der Waals surface area contributed by atoms with E-state index in [1.807, 2.05) is 22.4 Å². The summed E-state index contributed by atoms with van der Waals surface area (Å²) in [6.45, 7) is 9.53. The van der Waals surface area contributed by atoms with Gasteiger partial charge >= 0.3 is 0 Å². The van der Waals surface area contributed by atoms with Gasteiger partial charge in [0.05, 0.1) is 10.3 Å². The van der Waals surface area contributed by atoms with Crippen LogP contribution in [0.3, 0.4) is 0 Å². The number of carbonyl (C=O) groups is 2. The van der Waals surface area contributed by atoms with Crippen LogP contribution in [0.15, 0.2) is 17.5 Å². The maximum Gasteiger partial charge on any atom is 0.265 e. The number of hydrogen-bond donors (Lipinski definition) is 1. The van der Waals surface area contributed by atoms with Gasteiger partial charge in [0.25, 0.3) is 5.91 Å². The summed E-state index contributed by atoms with van der Waals surface area (Å²) in [6.07, 6.45) is 5.78. The molecule has 3 heterocycles. The molecule has 0 aromatic carbocycles. The Bertz CT molecular complexity index is 665. The summed E-state index contributed by atoms with van der Waals surface area (Å²) in [7, 11) is 0. The summed E-state index contributed by atoms with van der Waals surface area (Å²) < 4.78 is 0. The van der Waals surface area contributed by atoms with Crippen LogP contribution in [0.1, 0.15) is 62.5 Å². The van der Waals surface area contributed by atoms with Crippen LogP contribution >= 0.6 is 23.1 Å². The molecular weight excluding hydrogens is 402 g/mol. The van der Waals surface area contributed by atoms with E-state index in [4.69, 9.17) is 0 Å².